The normalized spacial score (nSPS) is 16.8. The quantitative estimate of drug-likeness (QED) is 0.619. The summed E-state index contributed by atoms with van der Waals surface area (Å²) in [5, 5.41) is 4.08. The van der Waals surface area contributed by atoms with E-state index in [0.717, 1.165) is 16.5 Å². The molecule has 3 aromatic rings. The van der Waals surface area contributed by atoms with Gasteiger partial charge in [0, 0.05) is 17.1 Å². The number of nitrogen functional groups attached to an aromatic ring is 1. The van der Waals surface area contributed by atoms with Gasteiger partial charge in [-0.25, -0.2) is 14.4 Å². The molecule has 8 heteroatoms. The number of nitrogens with two attached hydrogens (primary N) is 1. The summed E-state index contributed by atoms with van der Waals surface area (Å²) in [6, 6.07) is 7.98. The maximum absolute atomic E-state index is 13.7. The predicted octanol–water partition coefficient (Wildman–Crippen LogP) is 2.69. The number of anilines is 3. The summed E-state index contributed by atoms with van der Waals surface area (Å²) in [5.74, 6) is 0.612. The summed E-state index contributed by atoms with van der Waals surface area (Å²) in [6.45, 7) is 2.87. The summed E-state index contributed by atoms with van der Waals surface area (Å²) in [5.41, 5.74) is 11.6. The molecule has 1 saturated heterocycles. The number of nitrogens with one attached hydrogen (secondary N) is 2. The average Bonchev–Trinajstić information content (AvgIpc) is 3.10. The molecular weight excluding hydrogens is 337 g/mol. The number of hydrogen-bond acceptors (Lipinski definition) is 7. The number of fused-ring (bicyclic) bond motifs is 1. The SMILES string of the molecule is Cc1cc(N)cc2ncnc(Nc3ccc(F)cc3OC3CNOC3)c12. The molecule has 2 aromatic carbocycles. The third-order valence-corrected chi connectivity index (χ3v) is 4.13. The van der Waals surface area contributed by atoms with Crippen LogP contribution in [0.1, 0.15) is 5.56 Å². The maximum Gasteiger partial charge on any atom is 0.146 e. The Morgan fingerprint density at radius 3 is 3.00 bits per heavy atom. The van der Waals surface area contributed by atoms with E-state index in [4.69, 9.17) is 15.3 Å². The van der Waals surface area contributed by atoms with Crippen molar-refractivity contribution in [3.63, 3.8) is 0 Å². The molecule has 1 aliphatic heterocycles. The van der Waals surface area contributed by atoms with Gasteiger partial charge in [-0.05, 0) is 36.8 Å². The second-order valence-corrected chi connectivity index (χ2v) is 6.12. The lowest BCUT2D eigenvalue weighted by Crippen LogP contribution is -2.22. The van der Waals surface area contributed by atoms with E-state index in [2.05, 4.69) is 20.8 Å². The monoisotopic (exact) mass is 355 g/mol. The fourth-order valence-electron chi connectivity index (χ4n) is 2.96. The van der Waals surface area contributed by atoms with Crippen LogP contribution in [0.3, 0.4) is 0 Å². The zero-order valence-electron chi connectivity index (χ0n) is 14.1. The van der Waals surface area contributed by atoms with Crippen LogP contribution in [0.25, 0.3) is 10.9 Å². The first-order valence-corrected chi connectivity index (χ1v) is 8.19. The fraction of sp³-hybridized carbons (Fsp3) is 0.222. The Hall–Kier alpha value is -2.97. The van der Waals surface area contributed by atoms with Crippen molar-refractivity contribution < 1.29 is 14.0 Å². The van der Waals surface area contributed by atoms with Gasteiger partial charge in [0.05, 0.1) is 17.7 Å². The predicted molar refractivity (Wildman–Crippen MR) is 96.7 cm³/mol. The molecule has 1 fully saturated rings. The second-order valence-electron chi connectivity index (χ2n) is 6.12. The maximum atomic E-state index is 13.7. The number of hydroxylamine groups is 1. The highest BCUT2D eigenvalue weighted by molar-refractivity contribution is 5.95. The smallest absolute Gasteiger partial charge is 0.146 e. The minimum atomic E-state index is -0.381. The number of aromatic nitrogens is 2. The molecular formula is C18H18FN5O2. The van der Waals surface area contributed by atoms with Crippen molar-refractivity contribution in [1.82, 2.24) is 15.4 Å². The van der Waals surface area contributed by atoms with Gasteiger partial charge in [0.25, 0.3) is 0 Å². The molecule has 0 bridgehead atoms. The number of ether oxygens (including phenoxy) is 1. The molecule has 1 aliphatic rings. The van der Waals surface area contributed by atoms with E-state index in [9.17, 15) is 4.39 Å². The summed E-state index contributed by atoms with van der Waals surface area (Å²) in [6.07, 6.45) is 1.27. The molecule has 4 rings (SSSR count). The van der Waals surface area contributed by atoms with Crippen LogP contribution in [0, 0.1) is 12.7 Å². The van der Waals surface area contributed by atoms with Gasteiger partial charge in [-0.15, -0.1) is 0 Å². The van der Waals surface area contributed by atoms with Crippen LogP contribution >= 0.6 is 0 Å². The lowest BCUT2D eigenvalue weighted by molar-refractivity contribution is 0.0844. The van der Waals surface area contributed by atoms with Crippen LogP contribution in [-0.2, 0) is 4.84 Å². The fourth-order valence-corrected chi connectivity index (χ4v) is 2.96. The molecule has 134 valence electrons. The molecule has 1 unspecified atom stereocenters. The van der Waals surface area contributed by atoms with Crippen molar-refractivity contribution in [1.29, 1.82) is 0 Å². The lowest BCUT2D eigenvalue weighted by atomic mass is 10.1. The summed E-state index contributed by atoms with van der Waals surface area (Å²) >= 11 is 0. The van der Waals surface area contributed by atoms with E-state index in [1.165, 1.54) is 18.5 Å². The van der Waals surface area contributed by atoms with Crippen LogP contribution in [-0.4, -0.2) is 29.2 Å². The van der Waals surface area contributed by atoms with Crippen molar-refractivity contribution in [2.24, 2.45) is 0 Å². The van der Waals surface area contributed by atoms with Gasteiger partial charge in [0.2, 0.25) is 0 Å². The van der Waals surface area contributed by atoms with Crippen LogP contribution in [0.5, 0.6) is 5.75 Å². The zero-order chi connectivity index (χ0) is 18.1. The van der Waals surface area contributed by atoms with Crippen LogP contribution < -0.4 is 21.3 Å². The van der Waals surface area contributed by atoms with E-state index in [1.807, 2.05) is 13.0 Å². The van der Waals surface area contributed by atoms with Gasteiger partial charge >= 0.3 is 0 Å². The van der Waals surface area contributed by atoms with Gasteiger partial charge in [0.1, 0.15) is 36.4 Å². The topological polar surface area (TPSA) is 94.3 Å². The first-order valence-electron chi connectivity index (χ1n) is 8.19. The number of nitrogens with zero attached hydrogens (tertiary/aromatic N) is 2. The third-order valence-electron chi connectivity index (χ3n) is 4.13. The molecule has 7 nitrogen and oxygen atoms in total. The third kappa shape index (κ3) is 3.24. The van der Waals surface area contributed by atoms with Crippen LogP contribution in [0.4, 0.5) is 21.6 Å². The van der Waals surface area contributed by atoms with Gasteiger partial charge in [-0.2, -0.15) is 5.48 Å². The van der Waals surface area contributed by atoms with Crippen molar-refractivity contribution in [3.8, 4) is 5.75 Å². The highest BCUT2D eigenvalue weighted by Crippen LogP contribution is 2.33. The van der Waals surface area contributed by atoms with E-state index in [0.29, 0.717) is 36.1 Å². The van der Waals surface area contributed by atoms with Gasteiger partial charge < -0.3 is 15.8 Å². The second kappa shape index (κ2) is 6.74. The summed E-state index contributed by atoms with van der Waals surface area (Å²) < 4.78 is 19.6. The van der Waals surface area contributed by atoms with Crippen LogP contribution in [0.2, 0.25) is 0 Å². The summed E-state index contributed by atoms with van der Waals surface area (Å²) in [4.78, 5) is 13.7. The van der Waals surface area contributed by atoms with Crippen LogP contribution in [0.15, 0.2) is 36.7 Å². The van der Waals surface area contributed by atoms with Crippen molar-refractivity contribution in [3.05, 3.63) is 48.0 Å². The zero-order valence-corrected chi connectivity index (χ0v) is 14.1. The standard InChI is InChI=1S/C18H18FN5O2/c1-10-4-12(20)6-15-17(10)18(22-9-21-15)24-14-3-2-11(19)5-16(14)26-13-7-23-25-8-13/h2-6,9,13,23H,7-8,20H2,1H3,(H,21,22,24). The molecule has 1 aromatic heterocycles. The Morgan fingerprint density at radius 1 is 1.31 bits per heavy atom. The minimum Gasteiger partial charge on any atom is -0.484 e. The Balaban J connectivity index is 1.72. The van der Waals surface area contributed by atoms with Gasteiger partial charge in [0.15, 0.2) is 0 Å². The van der Waals surface area contributed by atoms with Crippen molar-refractivity contribution >= 4 is 28.1 Å². The Morgan fingerprint density at radius 2 is 2.19 bits per heavy atom. The van der Waals surface area contributed by atoms with E-state index < -0.39 is 0 Å². The number of hydrogen-bond donors (Lipinski definition) is 3. The number of benzene rings is 2. The Labute approximate surface area is 149 Å². The molecule has 0 aliphatic carbocycles. The molecule has 4 N–H and O–H groups in total. The Bertz CT molecular complexity index is 960. The first-order chi connectivity index (χ1) is 12.6. The molecule has 2 heterocycles. The molecule has 1 atom stereocenters. The van der Waals surface area contributed by atoms with E-state index in [-0.39, 0.29) is 11.9 Å². The van der Waals surface area contributed by atoms with Crippen molar-refractivity contribution in [2.75, 3.05) is 24.2 Å². The van der Waals surface area contributed by atoms with Gasteiger partial charge in [-0.3, -0.25) is 4.84 Å². The number of aryl methyl sites for hydroxylation is 1. The van der Waals surface area contributed by atoms with Crippen molar-refractivity contribution in [2.45, 2.75) is 13.0 Å². The van der Waals surface area contributed by atoms with E-state index >= 15 is 0 Å². The minimum absolute atomic E-state index is 0.193. The lowest BCUT2D eigenvalue weighted by Gasteiger charge is -2.17. The largest absolute Gasteiger partial charge is 0.484 e. The summed E-state index contributed by atoms with van der Waals surface area (Å²) in [7, 11) is 0. The molecule has 0 radical (unpaired) electrons. The molecule has 26 heavy (non-hydrogen) atoms. The highest BCUT2D eigenvalue weighted by atomic mass is 19.1. The highest BCUT2D eigenvalue weighted by Gasteiger charge is 2.20. The average molecular weight is 355 g/mol. The molecule has 0 amide bonds. The number of halogens is 1. The Kier molecular flexibility index (Phi) is 4.27. The molecule has 0 spiro atoms. The first kappa shape index (κ1) is 16.5. The van der Waals surface area contributed by atoms with E-state index in [1.54, 1.807) is 12.1 Å². The van der Waals surface area contributed by atoms with Gasteiger partial charge in [-0.1, -0.05) is 0 Å². The number of rotatable bonds is 4. The molecule has 0 saturated carbocycles.